The van der Waals surface area contributed by atoms with E-state index in [9.17, 15) is 9.59 Å². The molecular weight excluding hydrogens is 274 g/mol. The van der Waals surface area contributed by atoms with Gasteiger partial charge >= 0.3 is 11.7 Å². The Balaban J connectivity index is 2.41. The van der Waals surface area contributed by atoms with Gasteiger partial charge in [-0.05, 0) is 25.8 Å². The fourth-order valence-electron chi connectivity index (χ4n) is 2.57. The van der Waals surface area contributed by atoms with Crippen molar-refractivity contribution in [1.29, 1.82) is 0 Å². The van der Waals surface area contributed by atoms with Gasteiger partial charge in [0.05, 0.1) is 32.2 Å². The predicted octanol–water partition coefficient (Wildman–Crippen LogP) is 0.0915. The Bertz CT molecular complexity index is 591. The Kier molecular flexibility index (Phi) is 4.62. The van der Waals surface area contributed by atoms with Crippen molar-refractivity contribution in [1.82, 2.24) is 9.66 Å². The predicted molar refractivity (Wildman–Crippen MR) is 77.2 cm³/mol. The number of rotatable bonds is 4. The maximum atomic E-state index is 12.2. The highest BCUT2D eigenvalue weighted by molar-refractivity contribution is 5.70. The molecule has 0 saturated carbocycles. The average molecular weight is 295 g/mol. The largest absolute Gasteiger partial charge is 0.481 e. The fraction of sp³-hybridized carbons (Fsp3) is 0.643. The third kappa shape index (κ3) is 3.24. The molecule has 7 heteroatoms. The molecule has 0 bridgehead atoms. The highest BCUT2D eigenvalue weighted by Crippen LogP contribution is 2.16. The number of aryl methyl sites for hydroxylation is 1. The molecule has 1 fully saturated rings. The van der Waals surface area contributed by atoms with Gasteiger partial charge in [0.2, 0.25) is 0 Å². The van der Waals surface area contributed by atoms with Crippen molar-refractivity contribution in [2.24, 2.45) is 5.92 Å². The van der Waals surface area contributed by atoms with Crippen molar-refractivity contribution < 1.29 is 14.6 Å². The van der Waals surface area contributed by atoms with Crippen LogP contribution in [0.15, 0.2) is 4.79 Å². The molecule has 0 radical (unpaired) electrons. The van der Waals surface area contributed by atoms with Gasteiger partial charge in [-0.3, -0.25) is 4.79 Å². The first-order chi connectivity index (χ1) is 9.91. The Morgan fingerprint density at radius 2 is 2.00 bits per heavy atom. The van der Waals surface area contributed by atoms with Crippen LogP contribution in [0.5, 0.6) is 0 Å². The molecular formula is C14H21N3O4. The van der Waals surface area contributed by atoms with Crippen LogP contribution in [0.2, 0.25) is 0 Å². The third-order valence-corrected chi connectivity index (χ3v) is 3.84. The second-order valence-corrected chi connectivity index (χ2v) is 5.36. The van der Waals surface area contributed by atoms with E-state index in [0.29, 0.717) is 38.4 Å². The number of carboxylic acid groups (broad SMARTS) is 1. The topological polar surface area (TPSA) is 84.7 Å². The molecule has 116 valence electrons. The van der Waals surface area contributed by atoms with Gasteiger partial charge in [0.15, 0.2) is 0 Å². The Morgan fingerprint density at radius 3 is 2.57 bits per heavy atom. The summed E-state index contributed by atoms with van der Waals surface area (Å²) in [5.41, 5.74) is 1.88. The fourth-order valence-corrected chi connectivity index (χ4v) is 2.57. The summed E-state index contributed by atoms with van der Waals surface area (Å²) in [5, 5.41) is 11.0. The van der Waals surface area contributed by atoms with Crippen LogP contribution >= 0.6 is 0 Å². The highest BCUT2D eigenvalue weighted by atomic mass is 16.5. The van der Waals surface area contributed by atoms with E-state index in [2.05, 4.69) is 4.98 Å². The molecule has 1 aromatic heterocycles. The minimum absolute atomic E-state index is 0.321. The first-order valence-electron chi connectivity index (χ1n) is 7.06. The summed E-state index contributed by atoms with van der Waals surface area (Å²) in [6, 6.07) is 0. The molecule has 0 aromatic carbocycles. The molecule has 1 aromatic rings. The molecule has 1 aliphatic rings. The summed E-state index contributed by atoms with van der Waals surface area (Å²) in [5.74, 6) is -1.36. The Morgan fingerprint density at radius 1 is 1.38 bits per heavy atom. The lowest BCUT2D eigenvalue weighted by Gasteiger charge is -2.32. The molecule has 1 unspecified atom stereocenters. The molecule has 0 aliphatic carbocycles. The lowest BCUT2D eigenvalue weighted by Crippen LogP contribution is -2.50. The number of morpholine rings is 1. The van der Waals surface area contributed by atoms with Crippen molar-refractivity contribution in [3.05, 3.63) is 27.4 Å². The van der Waals surface area contributed by atoms with Crippen LogP contribution in [-0.4, -0.2) is 47.0 Å². The minimum Gasteiger partial charge on any atom is -0.481 e. The number of hydrogen-bond acceptors (Lipinski definition) is 5. The van der Waals surface area contributed by atoms with E-state index < -0.39 is 11.9 Å². The third-order valence-electron chi connectivity index (χ3n) is 3.84. The normalized spacial score (nSPS) is 16.8. The summed E-state index contributed by atoms with van der Waals surface area (Å²) in [6.45, 7) is 7.64. The lowest BCUT2D eigenvalue weighted by atomic mass is 9.99. The number of aliphatic carboxylic acids is 1. The molecule has 0 spiro atoms. The van der Waals surface area contributed by atoms with Crippen LogP contribution in [0.3, 0.4) is 0 Å². The van der Waals surface area contributed by atoms with Crippen LogP contribution in [0.1, 0.15) is 23.9 Å². The van der Waals surface area contributed by atoms with E-state index in [1.54, 1.807) is 18.5 Å². The summed E-state index contributed by atoms with van der Waals surface area (Å²) in [7, 11) is 0. The van der Waals surface area contributed by atoms with Gasteiger partial charge in [-0.25, -0.2) is 9.47 Å². The SMILES string of the molecule is Cc1nc(=O)n(N2CCOCC2)c(C)c1CC(C)C(=O)O. The van der Waals surface area contributed by atoms with Crippen molar-refractivity contribution in [3.63, 3.8) is 0 Å². The summed E-state index contributed by atoms with van der Waals surface area (Å²) < 4.78 is 6.85. The molecule has 1 N–H and O–H groups in total. The quantitative estimate of drug-likeness (QED) is 0.847. The van der Waals surface area contributed by atoms with E-state index in [0.717, 1.165) is 11.3 Å². The maximum Gasteiger partial charge on any atom is 0.366 e. The zero-order chi connectivity index (χ0) is 15.6. The van der Waals surface area contributed by atoms with Gasteiger partial charge in [0.1, 0.15) is 0 Å². The van der Waals surface area contributed by atoms with Crippen LogP contribution in [0.25, 0.3) is 0 Å². The van der Waals surface area contributed by atoms with Crippen LogP contribution < -0.4 is 10.7 Å². The standard InChI is InChI=1S/C14H21N3O4/c1-9(13(18)19)8-12-10(2)15-14(20)17(11(12)3)16-4-6-21-7-5-16/h9H,4-8H2,1-3H3,(H,18,19). The van der Waals surface area contributed by atoms with Gasteiger partial charge in [-0.15, -0.1) is 0 Å². The van der Waals surface area contributed by atoms with Crippen molar-refractivity contribution in [3.8, 4) is 0 Å². The van der Waals surface area contributed by atoms with Crippen LogP contribution in [0.4, 0.5) is 0 Å². The molecule has 1 saturated heterocycles. The molecule has 1 atom stereocenters. The van der Waals surface area contributed by atoms with Gasteiger partial charge in [-0.1, -0.05) is 6.92 Å². The molecule has 21 heavy (non-hydrogen) atoms. The van der Waals surface area contributed by atoms with Crippen LogP contribution in [0, 0.1) is 19.8 Å². The minimum atomic E-state index is -0.849. The van der Waals surface area contributed by atoms with Crippen molar-refractivity contribution in [2.45, 2.75) is 27.2 Å². The molecule has 0 amide bonds. The van der Waals surface area contributed by atoms with Gasteiger partial charge in [0, 0.05) is 11.4 Å². The molecule has 7 nitrogen and oxygen atoms in total. The number of ether oxygens (including phenoxy) is 1. The van der Waals surface area contributed by atoms with E-state index >= 15 is 0 Å². The van der Waals surface area contributed by atoms with E-state index in [1.165, 1.54) is 0 Å². The van der Waals surface area contributed by atoms with Gasteiger partial charge < -0.3 is 14.9 Å². The van der Waals surface area contributed by atoms with E-state index in [1.807, 2.05) is 11.9 Å². The van der Waals surface area contributed by atoms with E-state index in [-0.39, 0.29) is 5.69 Å². The first kappa shape index (κ1) is 15.5. The number of aromatic nitrogens is 2. The van der Waals surface area contributed by atoms with Gasteiger partial charge in [0.25, 0.3) is 0 Å². The van der Waals surface area contributed by atoms with E-state index in [4.69, 9.17) is 9.84 Å². The number of nitrogens with zero attached hydrogens (tertiary/aromatic N) is 3. The lowest BCUT2D eigenvalue weighted by molar-refractivity contribution is -0.141. The van der Waals surface area contributed by atoms with Crippen molar-refractivity contribution >= 4 is 5.97 Å². The maximum absolute atomic E-state index is 12.2. The number of hydrogen-bond donors (Lipinski definition) is 1. The summed E-state index contributed by atoms with van der Waals surface area (Å²) >= 11 is 0. The summed E-state index contributed by atoms with van der Waals surface area (Å²) in [4.78, 5) is 27.3. The van der Waals surface area contributed by atoms with Crippen LogP contribution in [-0.2, 0) is 16.0 Å². The average Bonchev–Trinajstić information content (AvgIpc) is 2.44. The highest BCUT2D eigenvalue weighted by Gasteiger charge is 2.21. The molecule has 2 rings (SSSR count). The first-order valence-corrected chi connectivity index (χ1v) is 7.06. The smallest absolute Gasteiger partial charge is 0.366 e. The second-order valence-electron chi connectivity index (χ2n) is 5.36. The Labute approximate surface area is 123 Å². The zero-order valence-electron chi connectivity index (χ0n) is 12.6. The molecule has 2 heterocycles. The summed E-state index contributed by atoms with van der Waals surface area (Å²) in [6.07, 6.45) is 0.366. The Hall–Kier alpha value is -1.89. The van der Waals surface area contributed by atoms with Crippen molar-refractivity contribution in [2.75, 3.05) is 31.3 Å². The zero-order valence-corrected chi connectivity index (χ0v) is 12.6. The van der Waals surface area contributed by atoms with Gasteiger partial charge in [-0.2, -0.15) is 4.98 Å². The molecule has 1 aliphatic heterocycles. The monoisotopic (exact) mass is 295 g/mol. The second kappa shape index (κ2) is 6.26. The number of carboxylic acids is 1. The number of carbonyl (C=O) groups is 1.